The molecule has 0 amide bonds. The summed E-state index contributed by atoms with van der Waals surface area (Å²) in [5, 5.41) is 0. The average Bonchev–Trinajstić information content (AvgIpc) is 2.75. The minimum absolute atomic E-state index is 0.117. The van der Waals surface area contributed by atoms with Crippen LogP contribution in [0.25, 0.3) is 0 Å². The summed E-state index contributed by atoms with van der Waals surface area (Å²) in [6.07, 6.45) is -0.248. The second-order valence-electron chi connectivity index (χ2n) is 4.77. The molecule has 102 valence electrons. The number of ketones is 1. The Kier molecular flexibility index (Phi) is 3.85. The minimum atomic E-state index is -0.571. The summed E-state index contributed by atoms with van der Waals surface area (Å²) < 4.78 is 20.2. The van der Waals surface area contributed by atoms with E-state index < -0.39 is 6.10 Å². The SMILES string of the molecule is O=C1c2cc(I)cc(F)c2CC1OCc1ccccc1. The Balaban J connectivity index is 1.75. The standard InChI is InChI=1S/C16H12FIO2/c17-14-7-11(18)6-13-12(14)8-15(16(13)19)20-9-10-4-2-1-3-5-10/h1-7,15H,8-9H2. The molecule has 1 atom stereocenters. The highest BCUT2D eigenvalue weighted by atomic mass is 127. The Morgan fingerprint density at radius 1 is 1.25 bits per heavy atom. The zero-order valence-electron chi connectivity index (χ0n) is 10.6. The quantitative estimate of drug-likeness (QED) is 0.756. The van der Waals surface area contributed by atoms with Gasteiger partial charge in [-0.15, -0.1) is 0 Å². The largest absolute Gasteiger partial charge is 0.365 e. The van der Waals surface area contributed by atoms with Crippen LogP contribution in [0.15, 0.2) is 42.5 Å². The predicted octanol–water partition coefficient (Wildman–Crippen LogP) is 3.75. The van der Waals surface area contributed by atoms with Crippen molar-refractivity contribution in [1.82, 2.24) is 0 Å². The van der Waals surface area contributed by atoms with Gasteiger partial charge in [0.15, 0.2) is 5.78 Å². The van der Waals surface area contributed by atoms with Crippen molar-refractivity contribution >= 4 is 28.4 Å². The van der Waals surface area contributed by atoms with Gasteiger partial charge < -0.3 is 4.74 Å². The van der Waals surface area contributed by atoms with Crippen LogP contribution in [0.5, 0.6) is 0 Å². The van der Waals surface area contributed by atoms with E-state index in [-0.39, 0.29) is 11.6 Å². The fourth-order valence-corrected chi connectivity index (χ4v) is 2.97. The van der Waals surface area contributed by atoms with Crippen LogP contribution in [0, 0.1) is 9.39 Å². The van der Waals surface area contributed by atoms with Crippen LogP contribution in [0.3, 0.4) is 0 Å². The van der Waals surface area contributed by atoms with E-state index in [4.69, 9.17) is 4.74 Å². The lowest BCUT2D eigenvalue weighted by Gasteiger charge is -2.09. The van der Waals surface area contributed by atoms with Crippen LogP contribution in [0.2, 0.25) is 0 Å². The number of carbonyl (C=O) groups excluding carboxylic acids is 1. The molecule has 0 spiro atoms. The molecule has 0 radical (unpaired) electrons. The monoisotopic (exact) mass is 382 g/mol. The van der Waals surface area contributed by atoms with Crippen LogP contribution < -0.4 is 0 Å². The summed E-state index contributed by atoms with van der Waals surface area (Å²) >= 11 is 2.01. The third kappa shape index (κ3) is 2.62. The van der Waals surface area contributed by atoms with Crippen molar-refractivity contribution < 1.29 is 13.9 Å². The summed E-state index contributed by atoms with van der Waals surface area (Å²) in [5.41, 5.74) is 1.95. The van der Waals surface area contributed by atoms with E-state index in [1.807, 2.05) is 52.9 Å². The van der Waals surface area contributed by atoms with Crippen LogP contribution in [-0.2, 0) is 17.8 Å². The van der Waals surface area contributed by atoms with Crippen molar-refractivity contribution in [3.05, 3.63) is 68.5 Å². The van der Waals surface area contributed by atoms with Gasteiger partial charge in [0.1, 0.15) is 11.9 Å². The predicted molar refractivity (Wildman–Crippen MR) is 82.2 cm³/mol. The highest BCUT2D eigenvalue weighted by molar-refractivity contribution is 14.1. The van der Waals surface area contributed by atoms with Crippen LogP contribution in [0.4, 0.5) is 4.39 Å². The van der Waals surface area contributed by atoms with Gasteiger partial charge in [-0.3, -0.25) is 4.79 Å². The second kappa shape index (κ2) is 5.61. The number of benzene rings is 2. The molecule has 1 unspecified atom stereocenters. The molecule has 2 aromatic rings. The number of halogens is 2. The number of hydrogen-bond donors (Lipinski definition) is 0. The molecule has 0 saturated heterocycles. The van der Waals surface area contributed by atoms with E-state index in [0.29, 0.717) is 24.2 Å². The molecule has 0 bridgehead atoms. The minimum Gasteiger partial charge on any atom is -0.365 e. The molecule has 0 aliphatic heterocycles. The van der Waals surface area contributed by atoms with Crippen LogP contribution in [0.1, 0.15) is 21.5 Å². The number of carbonyl (C=O) groups is 1. The fourth-order valence-electron chi connectivity index (χ4n) is 2.39. The third-order valence-corrected chi connectivity index (χ3v) is 4.02. The van der Waals surface area contributed by atoms with Crippen molar-refractivity contribution in [2.45, 2.75) is 19.1 Å². The fraction of sp³-hybridized carbons (Fsp3) is 0.188. The van der Waals surface area contributed by atoms with E-state index in [9.17, 15) is 9.18 Å². The normalized spacial score (nSPS) is 17.3. The van der Waals surface area contributed by atoms with Crippen molar-refractivity contribution in [2.24, 2.45) is 0 Å². The molecule has 0 aromatic heterocycles. The zero-order chi connectivity index (χ0) is 14.1. The van der Waals surface area contributed by atoms with Gasteiger partial charge in [-0.25, -0.2) is 4.39 Å². The summed E-state index contributed by atoms with van der Waals surface area (Å²) in [4.78, 5) is 12.2. The average molecular weight is 382 g/mol. The first kappa shape index (κ1) is 13.7. The Morgan fingerprint density at radius 3 is 2.75 bits per heavy atom. The number of rotatable bonds is 3. The van der Waals surface area contributed by atoms with Gasteiger partial charge >= 0.3 is 0 Å². The third-order valence-electron chi connectivity index (χ3n) is 3.40. The van der Waals surface area contributed by atoms with Gasteiger partial charge in [0.05, 0.1) is 6.61 Å². The first-order valence-electron chi connectivity index (χ1n) is 6.33. The molecule has 0 heterocycles. The zero-order valence-corrected chi connectivity index (χ0v) is 12.8. The summed E-state index contributed by atoms with van der Waals surface area (Å²) in [5.74, 6) is -0.431. The number of ether oxygens (including phenoxy) is 1. The molecular formula is C16H12FIO2. The Morgan fingerprint density at radius 2 is 2.00 bits per heavy atom. The van der Waals surface area contributed by atoms with Crippen LogP contribution >= 0.6 is 22.6 Å². The molecule has 1 aliphatic carbocycles. The smallest absolute Gasteiger partial charge is 0.192 e. The number of hydrogen-bond acceptors (Lipinski definition) is 2. The molecule has 2 nitrogen and oxygen atoms in total. The summed E-state index contributed by atoms with van der Waals surface area (Å²) in [7, 11) is 0. The highest BCUT2D eigenvalue weighted by Crippen LogP contribution is 2.29. The molecule has 0 fully saturated rings. The van der Waals surface area contributed by atoms with Gasteiger partial charge in [-0.1, -0.05) is 30.3 Å². The summed E-state index contributed by atoms with van der Waals surface area (Å²) in [6, 6.07) is 12.8. The highest BCUT2D eigenvalue weighted by Gasteiger charge is 2.33. The van der Waals surface area contributed by atoms with E-state index in [1.165, 1.54) is 6.07 Å². The second-order valence-corrected chi connectivity index (χ2v) is 6.01. The first-order chi connectivity index (χ1) is 9.65. The van der Waals surface area contributed by atoms with E-state index in [0.717, 1.165) is 9.13 Å². The maximum atomic E-state index is 13.8. The van der Waals surface area contributed by atoms with E-state index >= 15 is 0 Å². The van der Waals surface area contributed by atoms with Gasteiger partial charge in [-0.2, -0.15) is 0 Å². The van der Waals surface area contributed by atoms with Crippen molar-refractivity contribution in [3.8, 4) is 0 Å². The lowest BCUT2D eigenvalue weighted by molar-refractivity contribution is 0.0384. The summed E-state index contributed by atoms with van der Waals surface area (Å²) in [6.45, 7) is 0.365. The molecule has 0 N–H and O–H groups in total. The molecule has 2 aromatic carbocycles. The van der Waals surface area contributed by atoms with Gasteiger partial charge in [0, 0.05) is 21.1 Å². The maximum absolute atomic E-state index is 13.8. The van der Waals surface area contributed by atoms with Crippen LogP contribution in [-0.4, -0.2) is 11.9 Å². The number of Topliss-reactive ketones (excluding diaryl/α,β-unsaturated/α-hetero) is 1. The van der Waals surface area contributed by atoms with Gasteiger partial charge in [-0.05, 0) is 40.3 Å². The Hall–Kier alpha value is -1.27. The molecular weight excluding hydrogens is 370 g/mol. The van der Waals surface area contributed by atoms with E-state index in [1.54, 1.807) is 6.07 Å². The molecule has 3 rings (SSSR count). The maximum Gasteiger partial charge on any atom is 0.192 e. The lowest BCUT2D eigenvalue weighted by atomic mass is 10.1. The topological polar surface area (TPSA) is 26.3 Å². The van der Waals surface area contributed by atoms with Crippen molar-refractivity contribution in [1.29, 1.82) is 0 Å². The molecule has 4 heteroatoms. The molecule has 0 saturated carbocycles. The van der Waals surface area contributed by atoms with Crippen molar-refractivity contribution in [3.63, 3.8) is 0 Å². The molecule has 20 heavy (non-hydrogen) atoms. The molecule has 1 aliphatic rings. The lowest BCUT2D eigenvalue weighted by Crippen LogP contribution is -2.19. The van der Waals surface area contributed by atoms with Gasteiger partial charge in [0.25, 0.3) is 0 Å². The Bertz CT molecular complexity index is 655. The Labute approximate surface area is 130 Å². The first-order valence-corrected chi connectivity index (χ1v) is 7.40. The van der Waals surface area contributed by atoms with Gasteiger partial charge in [0.2, 0.25) is 0 Å². The van der Waals surface area contributed by atoms with Crippen molar-refractivity contribution in [2.75, 3.05) is 0 Å². The number of fused-ring (bicyclic) bond motifs is 1. The van der Waals surface area contributed by atoms with E-state index in [2.05, 4.69) is 0 Å².